The molecule has 1 fully saturated rings. The summed E-state index contributed by atoms with van der Waals surface area (Å²) < 4.78 is 41.2. The van der Waals surface area contributed by atoms with Crippen LogP contribution in [0.15, 0.2) is 71.2 Å². The number of para-hydroxylation sites is 1. The summed E-state index contributed by atoms with van der Waals surface area (Å²) in [6, 6.07) is 16.6. The molecule has 1 heterocycles. The largest absolute Gasteiger partial charge is 0.478 e. The maximum Gasteiger partial charge on any atom is 0.418 e. The van der Waals surface area contributed by atoms with Crippen molar-refractivity contribution in [2.24, 2.45) is 0 Å². The normalized spacial score (nSPS) is 14.1. The first-order valence-electron chi connectivity index (χ1n) is 10.7. The van der Waals surface area contributed by atoms with E-state index < -0.39 is 23.6 Å². The molecule has 1 amide bonds. The van der Waals surface area contributed by atoms with Crippen molar-refractivity contribution in [3.8, 4) is 0 Å². The molecule has 0 unspecified atom stereocenters. The number of carboxylic acids is 1. The number of aromatic carboxylic acids is 1. The van der Waals surface area contributed by atoms with Crippen LogP contribution in [0.3, 0.4) is 0 Å². The number of anilines is 3. The van der Waals surface area contributed by atoms with E-state index in [2.05, 4.69) is 21.2 Å². The molecular formula is C25H21BrF3N3O3. The predicted octanol–water partition coefficient (Wildman–Crippen LogP) is 5.75. The zero-order chi connectivity index (χ0) is 25.2. The standard InChI is InChI=1S/C25H21BrF3N3O3/c26-18-8-5-16(6-9-18)23(33)30-20-15-17(24(34)35)7-10-22(20)32-13-11-31(12-14-32)21-4-2-1-3-19(21)25(27,28)29/h1-10,15H,11-14H2,(H,30,33)(H,34,35). The molecule has 182 valence electrons. The van der Waals surface area contributed by atoms with E-state index in [9.17, 15) is 27.9 Å². The summed E-state index contributed by atoms with van der Waals surface area (Å²) >= 11 is 3.32. The first-order valence-corrected chi connectivity index (χ1v) is 11.5. The molecule has 1 saturated heterocycles. The molecule has 35 heavy (non-hydrogen) atoms. The van der Waals surface area contributed by atoms with Gasteiger partial charge in [0.05, 0.1) is 22.5 Å². The molecule has 0 atom stereocenters. The van der Waals surface area contributed by atoms with E-state index in [1.807, 2.05) is 4.90 Å². The van der Waals surface area contributed by atoms with E-state index in [0.29, 0.717) is 43.1 Å². The Labute approximate surface area is 208 Å². The van der Waals surface area contributed by atoms with Gasteiger partial charge in [0.2, 0.25) is 0 Å². The van der Waals surface area contributed by atoms with Crippen molar-refractivity contribution >= 4 is 44.9 Å². The number of carbonyl (C=O) groups is 2. The van der Waals surface area contributed by atoms with Gasteiger partial charge in [0, 0.05) is 41.9 Å². The van der Waals surface area contributed by atoms with Gasteiger partial charge in [-0.2, -0.15) is 13.2 Å². The molecule has 10 heteroatoms. The number of halogens is 4. The van der Waals surface area contributed by atoms with Gasteiger partial charge in [-0.05, 0) is 54.6 Å². The Balaban J connectivity index is 1.56. The van der Waals surface area contributed by atoms with Crippen LogP contribution in [-0.4, -0.2) is 43.2 Å². The van der Waals surface area contributed by atoms with Crippen LogP contribution in [0.4, 0.5) is 30.2 Å². The van der Waals surface area contributed by atoms with Crippen LogP contribution in [0, 0.1) is 0 Å². The minimum absolute atomic E-state index is 0.0117. The van der Waals surface area contributed by atoms with Gasteiger partial charge in [-0.1, -0.05) is 28.1 Å². The highest BCUT2D eigenvalue weighted by Crippen LogP contribution is 2.37. The summed E-state index contributed by atoms with van der Waals surface area (Å²) in [6.07, 6.45) is -4.45. The summed E-state index contributed by atoms with van der Waals surface area (Å²) in [5.74, 6) is -1.54. The molecule has 6 nitrogen and oxygen atoms in total. The van der Waals surface area contributed by atoms with Gasteiger partial charge in [0.25, 0.3) is 5.91 Å². The van der Waals surface area contributed by atoms with Gasteiger partial charge < -0.3 is 20.2 Å². The topological polar surface area (TPSA) is 72.9 Å². The molecule has 2 N–H and O–H groups in total. The van der Waals surface area contributed by atoms with Crippen LogP contribution < -0.4 is 15.1 Å². The van der Waals surface area contributed by atoms with Crippen LogP contribution >= 0.6 is 15.9 Å². The first-order chi connectivity index (χ1) is 16.6. The van der Waals surface area contributed by atoms with Gasteiger partial charge in [0.15, 0.2) is 0 Å². The Bertz CT molecular complexity index is 1240. The average molecular weight is 548 g/mol. The van der Waals surface area contributed by atoms with E-state index in [4.69, 9.17) is 0 Å². The van der Waals surface area contributed by atoms with E-state index in [0.717, 1.165) is 10.5 Å². The van der Waals surface area contributed by atoms with E-state index >= 15 is 0 Å². The van der Waals surface area contributed by atoms with E-state index in [-0.39, 0.29) is 11.3 Å². The number of carboxylic acid groups (broad SMARTS) is 1. The smallest absolute Gasteiger partial charge is 0.418 e. The maximum absolute atomic E-state index is 13.5. The Morgan fingerprint density at radius 3 is 2.00 bits per heavy atom. The van der Waals surface area contributed by atoms with Crippen molar-refractivity contribution < 1.29 is 27.9 Å². The number of piperazine rings is 1. The van der Waals surface area contributed by atoms with Gasteiger partial charge in [-0.15, -0.1) is 0 Å². The minimum Gasteiger partial charge on any atom is -0.478 e. The van der Waals surface area contributed by atoms with Crippen molar-refractivity contribution in [2.75, 3.05) is 41.3 Å². The van der Waals surface area contributed by atoms with Crippen LogP contribution in [0.5, 0.6) is 0 Å². The third kappa shape index (κ3) is 5.59. The molecule has 1 aliphatic rings. The fraction of sp³-hybridized carbons (Fsp3) is 0.200. The fourth-order valence-electron chi connectivity index (χ4n) is 4.02. The lowest BCUT2D eigenvalue weighted by molar-refractivity contribution is -0.137. The van der Waals surface area contributed by atoms with Crippen LogP contribution in [0.1, 0.15) is 26.3 Å². The quantitative estimate of drug-likeness (QED) is 0.425. The number of benzene rings is 3. The summed E-state index contributed by atoms with van der Waals surface area (Å²) in [6.45, 7) is 1.43. The van der Waals surface area contributed by atoms with Crippen LogP contribution in [-0.2, 0) is 6.18 Å². The third-order valence-electron chi connectivity index (χ3n) is 5.77. The Morgan fingerprint density at radius 1 is 0.829 bits per heavy atom. The number of nitrogens with one attached hydrogen (secondary N) is 1. The molecule has 0 spiro atoms. The number of carbonyl (C=O) groups excluding carboxylic acids is 1. The summed E-state index contributed by atoms with van der Waals surface area (Å²) in [5.41, 5.74) is 0.781. The molecular weight excluding hydrogens is 527 g/mol. The lowest BCUT2D eigenvalue weighted by Gasteiger charge is -2.39. The van der Waals surface area contributed by atoms with E-state index in [1.165, 1.54) is 24.3 Å². The Hall–Kier alpha value is -3.53. The first kappa shape index (κ1) is 24.6. The Morgan fingerprint density at radius 2 is 1.40 bits per heavy atom. The average Bonchev–Trinajstić information content (AvgIpc) is 2.84. The molecule has 4 rings (SSSR count). The second-order valence-corrected chi connectivity index (χ2v) is 8.90. The molecule has 0 radical (unpaired) electrons. The second-order valence-electron chi connectivity index (χ2n) is 7.99. The van der Waals surface area contributed by atoms with Crippen LogP contribution in [0.2, 0.25) is 0 Å². The maximum atomic E-state index is 13.5. The van der Waals surface area contributed by atoms with Gasteiger partial charge in [-0.3, -0.25) is 4.79 Å². The minimum atomic E-state index is -4.45. The number of amides is 1. The Kier molecular flexibility index (Phi) is 7.02. The zero-order valence-corrected chi connectivity index (χ0v) is 19.9. The highest BCUT2D eigenvalue weighted by atomic mass is 79.9. The molecule has 0 bridgehead atoms. The lowest BCUT2D eigenvalue weighted by atomic mass is 10.1. The van der Waals surface area contributed by atoms with Crippen molar-refractivity contribution in [3.05, 3.63) is 87.9 Å². The highest BCUT2D eigenvalue weighted by molar-refractivity contribution is 9.10. The molecule has 3 aromatic carbocycles. The van der Waals surface area contributed by atoms with Gasteiger partial charge >= 0.3 is 12.1 Å². The predicted molar refractivity (Wildman–Crippen MR) is 131 cm³/mol. The highest BCUT2D eigenvalue weighted by Gasteiger charge is 2.35. The third-order valence-corrected chi connectivity index (χ3v) is 6.30. The fourth-order valence-corrected chi connectivity index (χ4v) is 4.28. The summed E-state index contributed by atoms with van der Waals surface area (Å²) in [4.78, 5) is 27.9. The van der Waals surface area contributed by atoms with Gasteiger partial charge in [-0.25, -0.2) is 4.79 Å². The SMILES string of the molecule is O=C(O)c1ccc(N2CCN(c3ccccc3C(F)(F)F)CC2)c(NC(=O)c2ccc(Br)cc2)c1. The number of alkyl halides is 3. The zero-order valence-electron chi connectivity index (χ0n) is 18.3. The van der Waals surface area contributed by atoms with Gasteiger partial charge in [0.1, 0.15) is 0 Å². The number of rotatable bonds is 5. The molecule has 1 aliphatic heterocycles. The molecule has 3 aromatic rings. The summed E-state index contributed by atoms with van der Waals surface area (Å²) in [5, 5.41) is 12.2. The van der Waals surface area contributed by atoms with Crippen LogP contribution in [0.25, 0.3) is 0 Å². The number of hydrogen-bond donors (Lipinski definition) is 2. The summed E-state index contributed by atoms with van der Waals surface area (Å²) in [7, 11) is 0. The molecule has 0 aliphatic carbocycles. The van der Waals surface area contributed by atoms with Crippen molar-refractivity contribution in [3.63, 3.8) is 0 Å². The molecule has 0 aromatic heterocycles. The van der Waals surface area contributed by atoms with Crippen molar-refractivity contribution in [1.29, 1.82) is 0 Å². The molecule has 0 saturated carbocycles. The van der Waals surface area contributed by atoms with E-state index in [1.54, 1.807) is 41.3 Å². The van der Waals surface area contributed by atoms with Crippen molar-refractivity contribution in [2.45, 2.75) is 6.18 Å². The number of hydrogen-bond acceptors (Lipinski definition) is 4. The van der Waals surface area contributed by atoms with Crippen molar-refractivity contribution in [1.82, 2.24) is 0 Å². The number of nitrogens with zero attached hydrogens (tertiary/aromatic N) is 2. The lowest BCUT2D eigenvalue weighted by Crippen LogP contribution is -2.47. The second kappa shape index (κ2) is 9.99. The monoisotopic (exact) mass is 547 g/mol.